The molecular formula is C24H32N4O4. The molecule has 1 amide bonds. The van der Waals surface area contributed by atoms with Crippen LogP contribution in [0.3, 0.4) is 0 Å². The highest BCUT2D eigenvalue weighted by Crippen LogP contribution is 2.33. The first-order chi connectivity index (χ1) is 15.8. The maximum Gasteiger partial charge on any atom is 0.410 e. The zero-order valence-electron chi connectivity index (χ0n) is 18.3. The fourth-order valence-electron chi connectivity index (χ4n) is 3.71. The van der Waals surface area contributed by atoms with E-state index < -0.39 is 0 Å². The van der Waals surface area contributed by atoms with Crippen LogP contribution in [0.1, 0.15) is 17.4 Å². The Labute approximate surface area is 189 Å². The average molecular weight is 441 g/mol. The van der Waals surface area contributed by atoms with Gasteiger partial charge in [0.1, 0.15) is 6.61 Å². The molecule has 0 atom stereocenters. The lowest BCUT2D eigenvalue weighted by atomic mass is 10.2. The van der Waals surface area contributed by atoms with Gasteiger partial charge in [-0.1, -0.05) is 60.7 Å². The summed E-state index contributed by atoms with van der Waals surface area (Å²) >= 11 is 0. The van der Waals surface area contributed by atoms with E-state index in [1.54, 1.807) is 4.90 Å². The molecule has 0 saturated carbocycles. The molecule has 2 aromatic rings. The van der Waals surface area contributed by atoms with Crippen LogP contribution in [0.25, 0.3) is 0 Å². The van der Waals surface area contributed by atoms with Gasteiger partial charge in [-0.05, 0) is 5.56 Å². The van der Waals surface area contributed by atoms with Gasteiger partial charge in [0.2, 0.25) is 6.41 Å². The van der Waals surface area contributed by atoms with Crippen LogP contribution in [0.15, 0.2) is 60.7 Å². The third kappa shape index (κ3) is 6.51. The molecule has 2 heterocycles. The molecule has 0 aromatic heterocycles. The van der Waals surface area contributed by atoms with Crippen molar-refractivity contribution in [1.29, 1.82) is 0 Å². The van der Waals surface area contributed by atoms with Crippen molar-refractivity contribution in [1.82, 2.24) is 20.4 Å². The van der Waals surface area contributed by atoms with Crippen molar-refractivity contribution in [3.63, 3.8) is 0 Å². The van der Waals surface area contributed by atoms with Crippen LogP contribution in [0.5, 0.6) is 0 Å². The average Bonchev–Trinajstić information content (AvgIpc) is 2.79. The monoisotopic (exact) mass is 440 g/mol. The smallest absolute Gasteiger partial charge is 0.410 e. The molecule has 2 aromatic carbocycles. The highest BCUT2D eigenvalue weighted by molar-refractivity contribution is 5.67. The van der Waals surface area contributed by atoms with Crippen molar-refractivity contribution in [2.45, 2.75) is 19.3 Å². The third-order valence-electron chi connectivity index (χ3n) is 5.58. The first-order valence-electron chi connectivity index (χ1n) is 11.3. The predicted molar refractivity (Wildman–Crippen MR) is 121 cm³/mol. The number of hydrogen-bond donors (Lipinski definition) is 2. The molecule has 2 fully saturated rings. The fraction of sp³-hybridized carbons (Fsp3) is 0.458. The number of nitrogens with zero attached hydrogens (tertiary/aromatic N) is 2. The van der Waals surface area contributed by atoms with Crippen LogP contribution in [-0.2, 0) is 20.8 Å². The van der Waals surface area contributed by atoms with Gasteiger partial charge in [-0.2, -0.15) is 0 Å². The number of amides is 1. The Balaban J connectivity index is 1.20. The van der Waals surface area contributed by atoms with Gasteiger partial charge in [-0.25, -0.2) is 4.79 Å². The normalized spacial score (nSPS) is 23.4. The number of hydrogen-bond acceptors (Lipinski definition) is 7. The van der Waals surface area contributed by atoms with E-state index >= 15 is 0 Å². The Morgan fingerprint density at radius 2 is 1.41 bits per heavy atom. The molecule has 0 aliphatic carbocycles. The van der Waals surface area contributed by atoms with Gasteiger partial charge in [0, 0.05) is 57.9 Å². The Kier molecular flexibility index (Phi) is 8.47. The molecule has 0 unspecified atom stereocenters. The molecule has 8 heteroatoms. The molecular weight excluding hydrogens is 408 g/mol. The topological polar surface area (TPSA) is 75.3 Å². The number of carbonyl (C=O) groups is 1. The molecule has 2 saturated heterocycles. The second kappa shape index (κ2) is 11.9. The molecule has 0 bridgehead atoms. The largest absolute Gasteiger partial charge is 0.445 e. The minimum atomic E-state index is -0.323. The van der Waals surface area contributed by atoms with E-state index in [1.165, 1.54) is 0 Å². The number of carbonyl (C=O) groups excluding carboxylic acids is 1. The standard InChI is InChI=1S/C24H32N4O4/c29-23(30-19-20-7-3-1-4-8-20)27-15-11-25-13-17-28(18-14-26-12-16-27)24-31-22(32-24)21-9-5-2-6-10-21/h1-10,22,24-26H,11-19H2. The Hall–Kier alpha value is -2.49. The summed E-state index contributed by atoms with van der Waals surface area (Å²) < 4.78 is 17.5. The lowest BCUT2D eigenvalue weighted by Gasteiger charge is -2.42. The highest BCUT2D eigenvalue weighted by Gasteiger charge is 2.36. The second-order valence-electron chi connectivity index (χ2n) is 7.89. The SMILES string of the molecule is O=C(OCc1ccccc1)N1CCNCCN(C2OC(c3ccccc3)O2)CCNCC1. The molecule has 172 valence electrons. The van der Waals surface area contributed by atoms with Crippen LogP contribution in [-0.4, -0.2) is 74.7 Å². The number of rotatable bonds is 4. The minimum absolute atomic E-state index is 0.278. The molecule has 8 nitrogen and oxygen atoms in total. The summed E-state index contributed by atoms with van der Waals surface area (Å²) in [4.78, 5) is 16.5. The third-order valence-corrected chi connectivity index (χ3v) is 5.58. The summed E-state index contributed by atoms with van der Waals surface area (Å²) in [6, 6.07) is 19.7. The van der Waals surface area contributed by atoms with Crippen molar-refractivity contribution in [3.8, 4) is 0 Å². The maximum atomic E-state index is 12.5. The predicted octanol–water partition coefficient (Wildman–Crippen LogP) is 2.15. The van der Waals surface area contributed by atoms with Crippen molar-refractivity contribution in [2.75, 3.05) is 52.4 Å². The van der Waals surface area contributed by atoms with Crippen LogP contribution in [0.4, 0.5) is 4.79 Å². The molecule has 0 spiro atoms. The van der Waals surface area contributed by atoms with Gasteiger partial charge in [0.15, 0.2) is 6.29 Å². The molecule has 2 N–H and O–H groups in total. The zero-order chi connectivity index (χ0) is 22.0. The molecule has 0 radical (unpaired) electrons. The summed E-state index contributed by atoms with van der Waals surface area (Å²) in [7, 11) is 0. The van der Waals surface area contributed by atoms with Crippen molar-refractivity contribution in [3.05, 3.63) is 71.8 Å². The van der Waals surface area contributed by atoms with E-state index in [0.717, 1.165) is 37.3 Å². The van der Waals surface area contributed by atoms with Crippen molar-refractivity contribution >= 4 is 6.09 Å². The van der Waals surface area contributed by atoms with Gasteiger partial charge in [0.05, 0.1) is 0 Å². The van der Waals surface area contributed by atoms with Gasteiger partial charge >= 0.3 is 6.09 Å². The summed E-state index contributed by atoms with van der Waals surface area (Å²) in [5, 5.41) is 6.83. The van der Waals surface area contributed by atoms with E-state index in [1.807, 2.05) is 60.7 Å². The van der Waals surface area contributed by atoms with Crippen molar-refractivity contribution < 1.29 is 19.0 Å². The second-order valence-corrected chi connectivity index (χ2v) is 7.89. The molecule has 4 rings (SSSR count). The van der Waals surface area contributed by atoms with Crippen molar-refractivity contribution in [2.24, 2.45) is 0 Å². The van der Waals surface area contributed by atoms with Crippen LogP contribution >= 0.6 is 0 Å². The van der Waals surface area contributed by atoms with E-state index in [2.05, 4.69) is 15.5 Å². The number of benzene rings is 2. The van der Waals surface area contributed by atoms with Crippen LogP contribution in [0.2, 0.25) is 0 Å². The van der Waals surface area contributed by atoms with E-state index in [9.17, 15) is 4.79 Å². The van der Waals surface area contributed by atoms with Gasteiger partial charge in [-0.3, -0.25) is 4.90 Å². The first-order valence-corrected chi connectivity index (χ1v) is 11.3. The quantitative estimate of drug-likeness (QED) is 0.755. The Bertz CT molecular complexity index is 803. The van der Waals surface area contributed by atoms with Gasteiger partial charge < -0.3 is 29.7 Å². The number of nitrogens with one attached hydrogen (secondary N) is 2. The zero-order valence-corrected chi connectivity index (χ0v) is 18.3. The van der Waals surface area contributed by atoms with Gasteiger partial charge in [-0.15, -0.1) is 0 Å². The van der Waals surface area contributed by atoms with Gasteiger partial charge in [0.25, 0.3) is 0 Å². The fourth-order valence-corrected chi connectivity index (χ4v) is 3.71. The lowest BCUT2D eigenvalue weighted by Crippen LogP contribution is -2.53. The van der Waals surface area contributed by atoms with E-state index in [4.69, 9.17) is 14.2 Å². The van der Waals surface area contributed by atoms with E-state index in [0.29, 0.717) is 26.2 Å². The van der Waals surface area contributed by atoms with Crippen LogP contribution < -0.4 is 10.6 Å². The molecule has 2 aliphatic rings. The summed E-state index contributed by atoms with van der Waals surface area (Å²) in [6.07, 6.45) is -0.894. The van der Waals surface area contributed by atoms with E-state index in [-0.39, 0.29) is 25.4 Å². The Morgan fingerprint density at radius 1 is 0.844 bits per heavy atom. The number of ether oxygens (including phenoxy) is 3. The summed E-state index contributed by atoms with van der Waals surface area (Å²) in [5.74, 6) is 0. The molecule has 2 aliphatic heterocycles. The molecule has 32 heavy (non-hydrogen) atoms. The minimum Gasteiger partial charge on any atom is -0.445 e. The summed E-state index contributed by atoms with van der Waals surface area (Å²) in [6.45, 7) is 6.05. The lowest BCUT2D eigenvalue weighted by molar-refractivity contribution is -0.435. The first kappa shape index (κ1) is 22.7. The van der Waals surface area contributed by atoms with Crippen LogP contribution in [0, 0.1) is 0 Å². The summed E-state index contributed by atoms with van der Waals surface area (Å²) in [5.41, 5.74) is 2.02. The highest BCUT2D eigenvalue weighted by atomic mass is 16.9. The maximum absolute atomic E-state index is 12.5. The Morgan fingerprint density at radius 3 is 2.03 bits per heavy atom.